The number of hydrogen-bond acceptors (Lipinski definition) is 3. The number of phenols is 2. The average Bonchev–Trinajstić information content (AvgIpc) is 3.19. The maximum absolute atomic E-state index is 15.1. The number of alkyl halides is 3. The van der Waals surface area contributed by atoms with Gasteiger partial charge in [0.25, 0.3) is 0 Å². The zero-order valence-corrected chi connectivity index (χ0v) is 37.0. The normalized spacial score (nSPS) is 21.8. The van der Waals surface area contributed by atoms with Crippen LogP contribution in [0, 0.1) is 23.7 Å². The highest BCUT2D eigenvalue weighted by Crippen LogP contribution is 2.63. The van der Waals surface area contributed by atoms with Gasteiger partial charge in [-0.25, -0.2) is 4.98 Å². The molecule has 5 aromatic rings. The summed E-state index contributed by atoms with van der Waals surface area (Å²) in [6.07, 6.45) is 6.67. The van der Waals surface area contributed by atoms with Gasteiger partial charge in [0.1, 0.15) is 11.5 Å². The molecule has 0 amide bonds. The molecule has 61 heavy (non-hydrogen) atoms. The van der Waals surface area contributed by atoms with Crippen LogP contribution in [0.15, 0.2) is 97.6 Å². The van der Waals surface area contributed by atoms with Crippen LogP contribution in [-0.4, -0.2) is 15.2 Å². The number of pyridine rings is 1. The Morgan fingerprint density at radius 2 is 1.11 bits per heavy atom. The molecular weight excluding hydrogens is 764 g/mol. The van der Waals surface area contributed by atoms with Crippen molar-refractivity contribution in [2.75, 3.05) is 0 Å². The molecule has 4 aromatic carbocycles. The smallest absolute Gasteiger partial charge is 0.416 e. The van der Waals surface area contributed by atoms with Gasteiger partial charge in [-0.1, -0.05) is 115 Å². The molecule has 0 aliphatic heterocycles. The van der Waals surface area contributed by atoms with Crippen molar-refractivity contribution in [3.63, 3.8) is 0 Å². The number of aryl methyl sites for hydroxylation is 1. The minimum absolute atomic E-state index is 0.103. The van der Waals surface area contributed by atoms with E-state index in [2.05, 4.69) is 67.2 Å². The van der Waals surface area contributed by atoms with Gasteiger partial charge in [0.2, 0.25) is 0 Å². The Labute approximate surface area is 361 Å². The van der Waals surface area contributed by atoms with Crippen molar-refractivity contribution in [3.05, 3.63) is 125 Å². The molecule has 0 saturated heterocycles. The number of aromatic nitrogens is 1. The predicted molar refractivity (Wildman–Crippen MR) is 244 cm³/mol. The lowest BCUT2D eigenvalue weighted by molar-refractivity contribution is -0.137. The Morgan fingerprint density at radius 3 is 1.57 bits per heavy atom. The number of allylic oxidation sites excluding steroid dienone is 1. The molecule has 2 N–H and O–H groups in total. The summed E-state index contributed by atoms with van der Waals surface area (Å²) in [5.74, 6) is 2.77. The van der Waals surface area contributed by atoms with Crippen LogP contribution in [0.5, 0.6) is 11.5 Å². The summed E-state index contributed by atoms with van der Waals surface area (Å²) in [6, 6.07) is 25.3. The highest BCUT2D eigenvalue weighted by molar-refractivity contribution is 5.89. The number of benzene rings is 4. The van der Waals surface area contributed by atoms with Crippen LogP contribution in [0.2, 0.25) is 0 Å². The van der Waals surface area contributed by atoms with E-state index >= 15 is 13.2 Å². The summed E-state index contributed by atoms with van der Waals surface area (Å²) >= 11 is 0. The molecule has 4 aliphatic rings. The average molecular weight is 826 g/mol. The van der Waals surface area contributed by atoms with Gasteiger partial charge in [-0.3, -0.25) is 0 Å². The van der Waals surface area contributed by atoms with Gasteiger partial charge in [0.15, 0.2) is 0 Å². The molecule has 1 heterocycles. The fourth-order valence-corrected chi connectivity index (χ4v) is 11.3. The van der Waals surface area contributed by atoms with E-state index in [0.29, 0.717) is 63.5 Å². The summed E-state index contributed by atoms with van der Waals surface area (Å²) in [5, 5.41) is 24.5. The van der Waals surface area contributed by atoms with E-state index in [1.807, 2.05) is 54.6 Å². The van der Waals surface area contributed by atoms with Crippen LogP contribution in [0.4, 0.5) is 13.2 Å². The second kappa shape index (κ2) is 15.8. The van der Waals surface area contributed by atoms with E-state index in [0.717, 1.165) is 66.5 Å². The molecule has 1 unspecified atom stereocenters. The molecule has 4 saturated carbocycles. The first-order valence-electron chi connectivity index (χ1n) is 22.4. The van der Waals surface area contributed by atoms with Crippen molar-refractivity contribution >= 4 is 0 Å². The number of halogens is 3. The first-order chi connectivity index (χ1) is 28.7. The number of aromatic hydroxyl groups is 2. The second-order valence-corrected chi connectivity index (χ2v) is 21.0. The minimum atomic E-state index is -4.67. The quantitative estimate of drug-likeness (QED) is 0.138. The molecule has 0 spiro atoms. The first-order valence-corrected chi connectivity index (χ1v) is 22.4. The highest BCUT2D eigenvalue weighted by atomic mass is 19.4. The molecule has 9 rings (SSSR count). The van der Waals surface area contributed by atoms with E-state index in [1.165, 1.54) is 19.3 Å². The largest absolute Gasteiger partial charge is 0.507 e. The number of nitrogens with zero attached hydrogens (tertiary/aromatic N) is 1. The molecule has 4 aliphatic carbocycles. The van der Waals surface area contributed by atoms with Crippen molar-refractivity contribution < 1.29 is 23.4 Å². The molecule has 1 aromatic heterocycles. The SMILES string of the molecule is C=CCC(C)CCc1cc(C(C)(C)C)cc(-c2ccccc2-c2cc(C(F)(F)F)cc(-c3ccccc3-c3cc(C(C)(C)C)cc(C45CC6CC(CC(C6)C4)C5)c3O)n2)c1O. The second-order valence-electron chi connectivity index (χ2n) is 21.0. The topological polar surface area (TPSA) is 53.4 Å². The third-order valence-electron chi connectivity index (χ3n) is 14.3. The van der Waals surface area contributed by atoms with Crippen molar-refractivity contribution in [2.45, 2.75) is 129 Å². The molecular formula is C55H62F3NO2. The highest BCUT2D eigenvalue weighted by Gasteiger charge is 2.53. The van der Waals surface area contributed by atoms with E-state index in [1.54, 1.807) is 12.1 Å². The summed E-state index contributed by atoms with van der Waals surface area (Å²) in [7, 11) is 0. The van der Waals surface area contributed by atoms with E-state index in [4.69, 9.17) is 4.98 Å². The summed E-state index contributed by atoms with van der Waals surface area (Å²) in [5.41, 5.74) is 6.29. The third kappa shape index (κ3) is 8.41. The summed E-state index contributed by atoms with van der Waals surface area (Å²) in [4.78, 5) is 5.07. The van der Waals surface area contributed by atoms with Crippen LogP contribution in [0.3, 0.4) is 0 Å². The maximum Gasteiger partial charge on any atom is 0.416 e. The van der Waals surface area contributed by atoms with Crippen LogP contribution in [0.25, 0.3) is 44.8 Å². The monoisotopic (exact) mass is 825 g/mol. The van der Waals surface area contributed by atoms with Crippen molar-refractivity contribution in [2.24, 2.45) is 23.7 Å². The van der Waals surface area contributed by atoms with Crippen molar-refractivity contribution in [1.82, 2.24) is 4.98 Å². The van der Waals surface area contributed by atoms with E-state index < -0.39 is 11.7 Å². The molecule has 6 heteroatoms. The van der Waals surface area contributed by atoms with Crippen LogP contribution in [-0.2, 0) is 28.8 Å². The molecule has 4 fully saturated rings. The van der Waals surface area contributed by atoms with Gasteiger partial charge in [-0.2, -0.15) is 13.2 Å². The number of rotatable bonds is 10. The van der Waals surface area contributed by atoms with Crippen molar-refractivity contribution in [3.8, 4) is 56.3 Å². The maximum atomic E-state index is 15.1. The lowest BCUT2D eigenvalue weighted by atomic mass is 9.47. The lowest BCUT2D eigenvalue weighted by Crippen LogP contribution is -2.48. The Morgan fingerprint density at radius 1 is 0.656 bits per heavy atom. The Kier molecular flexibility index (Phi) is 11.1. The predicted octanol–water partition coefficient (Wildman–Crippen LogP) is 15.4. The number of hydrogen-bond donors (Lipinski definition) is 2. The Bertz CT molecular complexity index is 2430. The van der Waals surface area contributed by atoms with Gasteiger partial charge in [0.05, 0.1) is 17.0 Å². The molecule has 3 nitrogen and oxygen atoms in total. The molecule has 320 valence electrons. The fourth-order valence-electron chi connectivity index (χ4n) is 11.3. The standard InChI is InChI=1S/C55H62F3NO2/c1-9-14-33(2)19-20-37-24-38(52(3,4)5)25-45(50(37)60)41-15-10-12-17-43(41)48-28-40(55(56,57)58)29-49(59-48)44-18-13-11-16-42(44)46-26-39(53(6,7)8)27-47(51(46)61)54-30-34-21-35(31-54)23-36(22-34)32-54/h9-13,15-18,24-29,33-36,60-61H,1,14,19-23,30-32H2,2-8H3. The van der Waals surface area contributed by atoms with Gasteiger partial charge < -0.3 is 10.2 Å². The van der Waals surface area contributed by atoms with Crippen molar-refractivity contribution in [1.29, 1.82) is 0 Å². The van der Waals surface area contributed by atoms with Crippen LogP contribution >= 0.6 is 0 Å². The van der Waals surface area contributed by atoms with Gasteiger partial charge in [-0.15, -0.1) is 6.58 Å². The van der Waals surface area contributed by atoms with Gasteiger partial charge in [-0.05, 0) is 150 Å². The Balaban J connectivity index is 1.30. The zero-order valence-electron chi connectivity index (χ0n) is 37.0. The first kappa shape index (κ1) is 42.8. The van der Waals surface area contributed by atoms with Gasteiger partial charge >= 0.3 is 6.18 Å². The van der Waals surface area contributed by atoms with Crippen LogP contribution < -0.4 is 0 Å². The van der Waals surface area contributed by atoms with Gasteiger partial charge in [0, 0.05) is 27.8 Å². The minimum Gasteiger partial charge on any atom is -0.507 e. The molecule has 1 atom stereocenters. The molecule has 0 radical (unpaired) electrons. The summed E-state index contributed by atoms with van der Waals surface area (Å²) in [6.45, 7) is 19.0. The van der Waals surface area contributed by atoms with E-state index in [9.17, 15) is 10.2 Å². The van der Waals surface area contributed by atoms with E-state index in [-0.39, 0.29) is 39.1 Å². The summed E-state index contributed by atoms with van der Waals surface area (Å²) < 4.78 is 45.2. The third-order valence-corrected chi connectivity index (χ3v) is 14.3. The van der Waals surface area contributed by atoms with Crippen LogP contribution in [0.1, 0.15) is 128 Å². The zero-order chi connectivity index (χ0) is 43.6. The Hall–Kier alpha value is -4.84. The number of phenolic OH excluding ortho intramolecular Hbond substituents is 2. The lowest BCUT2D eigenvalue weighted by Gasteiger charge is -2.57. The molecule has 4 bridgehead atoms. The fraction of sp³-hybridized carbons (Fsp3) is 0.436.